The number of carbonyl (C=O) groups is 1. The van der Waals surface area contributed by atoms with E-state index in [1.54, 1.807) is 0 Å². The molecular formula is C14H15ClO3. The zero-order valence-electron chi connectivity index (χ0n) is 10.1. The summed E-state index contributed by atoms with van der Waals surface area (Å²) in [7, 11) is 0. The molecule has 0 N–H and O–H groups in total. The highest BCUT2D eigenvalue weighted by Gasteiger charge is 2.42. The highest BCUT2D eigenvalue weighted by atomic mass is 35.5. The van der Waals surface area contributed by atoms with Crippen LogP contribution in [0.15, 0.2) is 18.2 Å². The van der Waals surface area contributed by atoms with Gasteiger partial charge in [0.05, 0.1) is 5.41 Å². The van der Waals surface area contributed by atoms with Crippen molar-refractivity contribution in [3.8, 4) is 11.5 Å². The van der Waals surface area contributed by atoms with Crippen molar-refractivity contribution in [2.45, 2.75) is 31.1 Å². The van der Waals surface area contributed by atoms with Crippen LogP contribution in [0.25, 0.3) is 0 Å². The van der Waals surface area contributed by atoms with E-state index in [0.717, 1.165) is 42.7 Å². The molecule has 0 aromatic heterocycles. The average Bonchev–Trinajstić information content (AvgIpc) is 2.89. The standard InChI is InChI=1S/C14H15ClO3/c15-13(16)14(5-1-2-6-14)10-3-4-11-12(9-10)18-8-7-17-11/h3-4,9H,1-2,5-8H2. The van der Waals surface area contributed by atoms with Gasteiger partial charge in [0, 0.05) is 0 Å². The molecular weight excluding hydrogens is 252 g/mol. The lowest BCUT2D eigenvalue weighted by Gasteiger charge is -2.27. The van der Waals surface area contributed by atoms with E-state index in [1.165, 1.54) is 0 Å². The highest BCUT2D eigenvalue weighted by Crippen LogP contribution is 2.45. The number of fused-ring (bicyclic) bond motifs is 1. The molecule has 0 spiro atoms. The van der Waals surface area contributed by atoms with Crippen LogP contribution in [0.3, 0.4) is 0 Å². The quantitative estimate of drug-likeness (QED) is 0.772. The van der Waals surface area contributed by atoms with Crippen LogP contribution in [0, 0.1) is 0 Å². The molecule has 0 saturated heterocycles. The molecule has 1 aliphatic carbocycles. The van der Waals surface area contributed by atoms with Crippen LogP contribution in [0.1, 0.15) is 31.2 Å². The summed E-state index contributed by atoms with van der Waals surface area (Å²) in [6.07, 6.45) is 3.75. The molecule has 1 aromatic rings. The molecule has 3 nitrogen and oxygen atoms in total. The van der Waals surface area contributed by atoms with Crippen LogP contribution in [0.2, 0.25) is 0 Å². The van der Waals surface area contributed by atoms with Crippen LogP contribution in [-0.2, 0) is 10.2 Å². The first-order valence-corrected chi connectivity index (χ1v) is 6.70. The molecule has 18 heavy (non-hydrogen) atoms. The molecule has 2 aliphatic rings. The molecule has 0 amide bonds. The van der Waals surface area contributed by atoms with Crippen LogP contribution < -0.4 is 9.47 Å². The Morgan fingerprint density at radius 1 is 1.11 bits per heavy atom. The summed E-state index contributed by atoms with van der Waals surface area (Å²) >= 11 is 5.85. The summed E-state index contributed by atoms with van der Waals surface area (Å²) in [6.45, 7) is 1.13. The van der Waals surface area contributed by atoms with Crippen LogP contribution in [-0.4, -0.2) is 18.5 Å². The van der Waals surface area contributed by atoms with Crippen molar-refractivity contribution in [2.24, 2.45) is 0 Å². The summed E-state index contributed by atoms with van der Waals surface area (Å²) in [6, 6.07) is 5.74. The lowest BCUT2D eigenvalue weighted by molar-refractivity contribution is -0.116. The first kappa shape index (κ1) is 11.8. The van der Waals surface area contributed by atoms with Crippen molar-refractivity contribution >= 4 is 16.8 Å². The minimum absolute atomic E-state index is 0.253. The zero-order chi connectivity index (χ0) is 12.6. The van der Waals surface area contributed by atoms with Crippen LogP contribution in [0.4, 0.5) is 0 Å². The second kappa shape index (κ2) is 4.47. The summed E-state index contributed by atoms with van der Waals surface area (Å²) in [5.74, 6) is 1.48. The maximum atomic E-state index is 11.8. The number of benzene rings is 1. The number of hydrogen-bond acceptors (Lipinski definition) is 3. The van der Waals surface area contributed by atoms with Gasteiger partial charge in [-0.25, -0.2) is 0 Å². The van der Waals surface area contributed by atoms with E-state index in [4.69, 9.17) is 21.1 Å². The predicted molar refractivity (Wildman–Crippen MR) is 68.4 cm³/mol. The Morgan fingerprint density at radius 2 is 1.78 bits per heavy atom. The van der Waals surface area contributed by atoms with Gasteiger partial charge < -0.3 is 9.47 Å². The summed E-state index contributed by atoms with van der Waals surface area (Å²) in [5, 5.41) is -0.253. The van der Waals surface area contributed by atoms with Crippen molar-refractivity contribution in [2.75, 3.05) is 13.2 Å². The Morgan fingerprint density at radius 3 is 2.44 bits per heavy atom. The number of ether oxygens (including phenoxy) is 2. The fourth-order valence-electron chi connectivity index (χ4n) is 2.92. The van der Waals surface area contributed by atoms with Crippen molar-refractivity contribution < 1.29 is 14.3 Å². The first-order chi connectivity index (χ1) is 8.72. The minimum atomic E-state index is -0.516. The molecule has 0 atom stereocenters. The van der Waals surface area contributed by atoms with E-state index in [1.807, 2.05) is 18.2 Å². The Labute approximate surface area is 111 Å². The topological polar surface area (TPSA) is 35.5 Å². The normalized spacial score (nSPS) is 20.7. The van der Waals surface area contributed by atoms with Gasteiger partial charge in [-0.2, -0.15) is 0 Å². The first-order valence-electron chi connectivity index (χ1n) is 6.32. The molecule has 96 valence electrons. The van der Waals surface area contributed by atoms with E-state index < -0.39 is 5.41 Å². The molecule has 1 fully saturated rings. The predicted octanol–water partition coefficient (Wildman–Crippen LogP) is 3.04. The van der Waals surface area contributed by atoms with Crippen LogP contribution >= 0.6 is 11.6 Å². The fourth-order valence-corrected chi connectivity index (χ4v) is 3.22. The average molecular weight is 267 g/mol. The molecule has 1 heterocycles. The monoisotopic (exact) mass is 266 g/mol. The van der Waals surface area contributed by atoms with E-state index >= 15 is 0 Å². The fraction of sp³-hybridized carbons (Fsp3) is 0.500. The van der Waals surface area contributed by atoms with Gasteiger partial charge in [-0.15, -0.1) is 0 Å². The van der Waals surface area contributed by atoms with Gasteiger partial charge in [-0.3, -0.25) is 4.79 Å². The Kier molecular flexibility index (Phi) is 2.94. The van der Waals surface area contributed by atoms with Gasteiger partial charge in [0.25, 0.3) is 0 Å². The number of carbonyl (C=O) groups excluding carboxylic acids is 1. The molecule has 1 saturated carbocycles. The Bertz CT molecular complexity index is 478. The number of rotatable bonds is 2. The largest absolute Gasteiger partial charge is 0.486 e. The van der Waals surface area contributed by atoms with Gasteiger partial charge >= 0.3 is 0 Å². The van der Waals surface area contributed by atoms with Crippen molar-refractivity contribution in [1.29, 1.82) is 0 Å². The molecule has 1 aromatic carbocycles. The third-order valence-electron chi connectivity index (χ3n) is 3.93. The Balaban J connectivity index is 2.02. The highest BCUT2D eigenvalue weighted by molar-refractivity contribution is 6.65. The van der Waals surface area contributed by atoms with Crippen molar-refractivity contribution in [1.82, 2.24) is 0 Å². The van der Waals surface area contributed by atoms with Gasteiger partial charge in [0.2, 0.25) is 5.24 Å². The minimum Gasteiger partial charge on any atom is -0.486 e. The maximum Gasteiger partial charge on any atom is 0.232 e. The lowest BCUT2D eigenvalue weighted by Crippen LogP contribution is -2.29. The van der Waals surface area contributed by atoms with Gasteiger partial charge in [-0.1, -0.05) is 18.9 Å². The second-order valence-corrected chi connectivity index (χ2v) is 5.26. The van der Waals surface area contributed by atoms with E-state index in [0.29, 0.717) is 13.2 Å². The summed E-state index contributed by atoms with van der Waals surface area (Å²) in [5.41, 5.74) is 0.446. The van der Waals surface area contributed by atoms with Gasteiger partial charge in [-0.05, 0) is 42.1 Å². The van der Waals surface area contributed by atoms with E-state index in [2.05, 4.69) is 0 Å². The number of halogens is 1. The zero-order valence-corrected chi connectivity index (χ0v) is 10.8. The SMILES string of the molecule is O=C(Cl)C1(c2ccc3c(c2)OCCO3)CCCC1. The van der Waals surface area contributed by atoms with Gasteiger partial charge in [0.15, 0.2) is 11.5 Å². The second-order valence-electron chi connectivity index (χ2n) is 4.92. The molecule has 0 unspecified atom stereocenters. The summed E-state index contributed by atoms with van der Waals surface area (Å²) in [4.78, 5) is 11.8. The molecule has 4 heteroatoms. The maximum absolute atomic E-state index is 11.8. The summed E-state index contributed by atoms with van der Waals surface area (Å²) < 4.78 is 11.1. The van der Waals surface area contributed by atoms with Crippen molar-refractivity contribution in [3.05, 3.63) is 23.8 Å². The van der Waals surface area contributed by atoms with Crippen molar-refractivity contribution in [3.63, 3.8) is 0 Å². The van der Waals surface area contributed by atoms with E-state index in [9.17, 15) is 4.79 Å². The third kappa shape index (κ3) is 1.77. The lowest BCUT2D eigenvalue weighted by atomic mass is 9.80. The molecule has 0 radical (unpaired) electrons. The molecule has 0 bridgehead atoms. The smallest absolute Gasteiger partial charge is 0.232 e. The molecule has 1 aliphatic heterocycles. The third-order valence-corrected chi connectivity index (χ3v) is 4.29. The Hall–Kier alpha value is -1.22. The van der Waals surface area contributed by atoms with Crippen LogP contribution in [0.5, 0.6) is 11.5 Å². The number of hydrogen-bond donors (Lipinski definition) is 0. The van der Waals surface area contributed by atoms with Gasteiger partial charge in [0.1, 0.15) is 13.2 Å². The van der Waals surface area contributed by atoms with E-state index in [-0.39, 0.29) is 5.24 Å². The molecule has 3 rings (SSSR count).